The Morgan fingerprint density at radius 3 is 3.07 bits per heavy atom. The second-order valence-corrected chi connectivity index (χ2v) is 3.51. The molecule has 1 fully saturated rings. The second-order valence-electron chi connectivity index (χ2n) is 3.51. The number of aliphatic hydroxyl groups excluding tert-OH is 1. The third-order valence-corrected chi connectivity index (χ3v) is 2.45. The van der Waals surface area contributed by atoms with E-state index >= 15 is 0 Å². The second kappa shape index (κ2) is 4.00. The van der Waals surface area contributed by atoms with Crippen molar-refractivity contribution in [3.8, 4) is 0 Å². The average Bonchev–Trinajstić information content (AvgIpc) is 2.66. The summed E-state index contributed by atoms with van der Waals surface area (Å²) in [7, 11) is 0. The number of hydrogen-bond donors (Lipinski definition) is 2. The van der Waals surface area contributed by atoms with Crippen LogP contribution in [0.1, 0.15) is 19.1 Å². The van der Waals surface area contributed by atoms with Crippen LogP contribution >= 0.6 is 0 Å². The Bertz CT molecular complexity index is 404. The van der Waals surface area contributed by atoms with Crippen LogP contribution in [0.15, 0.2) is 17.1 Å². The Labute approximate surface area is 86.3 Å². The molecule has 82 valence electrons. The van der Waals surface area contributed by atoms with Gasteiger partial charge in [-0.05, 0) is 18.9 Å². The maximum absolute atomic E-state index is 11.5. The predicted molar refractivity (Wildman–Crippen MR) is 53.1 cm³/mol. The van der Waals surface area contributed by atoms with Crippen molar-refractivity contribution in [2.45, 2.75) is 25.2 Å². The van der Waals surface area contributed by atoms with Gasteiger partial charge in [0.15, 0.2) is 0 Å². The molecule has 0 saturated carbocycles. The molecule has 6 heteroatoms. The fourth-order valence-corrected chi connectivity index (χ4v) is 1.67. The number of nitrogen functional groups attached to an aromatic ring is 1. The van der Waals surface area contributed by atoms with Crippen LogP contribution in [0.3, 0.4) is 0 Å². The molecule has 1 saturated heterocycles. The molecule has 1 aliphatic heterocycles. The highest BCUT2D eigenvalue weighted by Gasteiger charge is 2.26. The minimum Gasteiger partial charge on any atom is -0.394 e. The first-order chi connectivity index (χ1) is 7.20. The fourth-order valence-electron chi connectivity index (χ4n) is 1.67. The van der Waals surface area contributed by atoms with Gasteiger partial charge in [-0.2, -0.15) is 4.98 Å². The monoisotopic (exact) mass is 211 g/mol. The smallest absolute Gasteiger partial charge is 0.351 e. The Morgan fingerprint density at radius 2 is 2.47 bits per heavy atom. The van der Waals surface area contributed by atoms with Gasteiger partial charge in [-0.15, -0.1) is 0 Å². The SMILES string of the molecule is Nc1ccn([C@@H]2CC[C@H](CO)O2)c(=O)n1. The highest BCUT2D eigenvalue weighted by atomic mass is 16.5. The molecule has 6 nitrogen and oxygen atoms in total. The van der Waals surface area contributed by atoms with Gasteiger partial charge in [-0.3, -0.25) is 4.57 Å². The number of nitrogens with zero attached hydrogens (tertiary/aromatic N) is 2. The van der Waals surface area contributed by atoms with E-state index in [-0.39, 0.29) is 24.8 Å². The number of nitrogens with two attached hydrogens (primary N) is 1. The maximum atomic E-state index is 11.5. The number of anilines is 1. The molecule has 0 bridgehead atoms. The van der Waals surface area contributed by atoms with Gasteiger partial charge in [0.1, 0.15) is 12.0 Å². The molecule has 1 aromatic heterocycles. The van der Waals surface area contributed by atoms with Crippen molar-refractivity contribution in [2.75, 3.05) is 12.3 Å². The Hall–Kier alpha value is -1.40. The standard InChI is InChI=1S/C9H13N3O3/c10-7-3-4-12(9(14)11-7)8-2-1-6(5-13)15-8/h3-4,6,8,13H,1-2,5H2,(H2,10,11,14)/t6-,8+/m1/s1. The lowest BCUT2D eigenvalue weighted by Crippen LogP contribution is -2.27. The number of hydrogen-bond acceptors (Lipinski definition) is 5. The summed E-state index contributed by atoms with van der Waals surface area (Å²) in [5, 5.41) is 8.90. The van der Waals surface area contributed by atoms with Crippen LogP contribution in [0.2, 0.25) is 0 Å². The van der Waals surface area contributed by atoms with Crippen LogP contribution in [0.25, 0.3) is 0 Å². The van der Waals surface area contributed by atoms with E-state index in [4.69, 9.17) is 15.6 Å². The molecule has 0 aliphatic carbocycles. The quantitative estimate of drug-likeness (QED) is 0.688. The van der Waals surface area contributed by atoms with Gasteiger partial charge in [0.05, 0.1) is 12.7 Å². The van der Waals surface area contributed by atoms with Gasteiger partial charge in [-0.1, -0.05) is 0 Å². The average molecular weight is 211 g/mol. The van der Waals surface area contributed by atoms with Crippen LogP contribution in [0.4, 0.5) is 5.82 Å². The highest BCUT2D eigenvalue weighted by Crippen LogP contribution is 2.26. The molecule has 2 heterocycles. The summed E-state index contributed by atoms with van der Waals surface area (Å²) in [5.74, 6) is 0.202. The lowest BCUT2D eigenvalue weighted by atomic mass is 10.2. The molecular formula is C9H13N3O3. The van der Waals surface area contributed by atoms with E-state index in [1.54, 1.807) is 12.3 Å². The van der Waals surface area contributed by atoms with Gasteiger partial charge in [0, 0.05) is 6.20 Å². The molecule has 0 amide bonds. The van der Waals surface area contributed by atoms with Crippen LogP contribution in [-0.4, -0.2) is 27.4 Å². The lowest BCUT2D eigenvalue weighted by molar-refractivity contribution is -0.0245. The molecule has 1 aromatic rings. The van der Waals surface area contributed by atoms with Gasteiger partial charge < -0.3 is 15.6 Å². The summed E-state index contributed by atoms with van der Waals surface area (Å²) >= 11 is 0. The van der Waals surface area contributed by atoms with Crippen molar-refractivity contribution in [3.63, 3.8) is 0 Å². The van der Waals surface area contributed by atoms with E-state index in [1.807, 2.05) is 0 Å². The summed E-state index contributed by atoms with van der Waals surface area (Å²) in [6.45, 7) is -0.0202. The summed E-state index contributed by atoms with van der Waals surface area (Å²) < 4.78 is 6.84. The van der Waals surface area contributed by atoms with Gasteiger partial charge in [-0.25, -0.2) is 4.79 Å². The van der Waals surface area contributed by atoms with E-state index in [1.165, 1.54) is 4.57 Å². The van der Waals surface area contributed by atoms with Crippen molar-refractivity contribution in [3.05, 3.63) is 22.7 Å². The molecule has 2 atom stereocenters. The molecule has 2 rings (SSSR count). The van der Waals surface area contributed by atoms with Gasteiger partial charge >= 0.3 is 5.69 Å². The first-order valence-corrected chi connectivity index (χ1v) is 4.81. The molecule has 0 radical (unpaired) electrons. The topological polar surface area (TPSA) is 90.4 Å². The number of aromatic nitrogens is 2. The van der Waals surface area contributed by atoms with Crippen LogP contribution in [0.5, 0.6) is 0 Å². The highest BCUT2D eigenvalue weighted by molar-refractivity contribution is 5.23. The predicted octanol–water partition coefficient (Wildman–Crippen LogP) is -0.505. The molecule has 1 aliphatic rings. The van der Waals surface area contributed by atoms with Crippen molar-refractivity contribution in [1.82, 2.24) is 9.55 Å². The number of ether oxygens (including phenoxy) is 1. The molecular weight excluding hydrogens is 198 g/mol. The van der Waals surface area contributed by atoms with E-state index in [2.05, 4.69) is 4.98 Å². The van der Waals surface area contributed by atoms with Crippen molar-refractivity contribution in [2.24, 2.45) is 0 Å². The fraction of sp³-hybridized carbons (Fsp3) is 0.556. The minimum absolute atomic E-state index is 0.0202. The molecule has 0 aromatic carbocycles. The Balaban J connectivity index is 2.20. The van der Waals surface area contributed by atoms with Gasteiger partial charge in [0.25, 0.3) is 0 Å². The zero-order valence-electron chi connectivity index (χ0n) is 8.17. The lowest BCUT2D eigenvalue weighted by Gasteiger charge is -2.14. The first kappa shape index (κ1) is 10.1. The first-order valence-electron chi connectivity index (χ1n) is 4.81. The van der Waals surface area contributed by atoms with Gasteiger partial charge in [0.2, 0.25) is 0 Å². The van der Waals surface area contributed by atoms with Crippen LogP contribution in [-0.2, 0) is 4.74 Å². The molecule has 0 unspecified atom stereocenters. The molecule has 15 heavy (non-hydrogen) atoms. The number of aliphatic hydroxyl groups is 1. The molecule has 3 N–H and O–H groups in total. The van der Waals surface area contributed by atoms with Crippen molar-refractivity contribution >= 4 is 5.82 Å². The summed E-state index contributed by atoms with van der Waals surface area (Å²) in [4.78, 5) is 15.1. The van der Waals surface area contributed by atoms with Crippen molar-refractivity contribution < 1.29 is 9.84 Å². The number of rotatable bonds is 2. The minimum atomic E-state index is -0.418. The summed E-state index contributed by atoms with van der Waals surface area (Å²) in [6.07, 6.45) is 2.51. The zero-order valence-corrected chi connectivity index (χ0v) is 8.17. The molecule has 0 spiro atoms. The van der Waals surface area contributed by atoms with E-state index in [0.29, 0.717) is 6.42 Å². The maximum Gasteiger partial charge on any atom is 0.351 e. The third kappa shape index (κ3) is 2.00. The Morgan fingerprint density at radius 1 is 1.67 bits per heavy atom. The zero-order chi connectivity index (χ0) is 10.8. The third-order valence-electron chi connectivity index (χ3n) is 2.45. The summed E-state index contributed by atoms with van der Waals surface area (Å²) in [6, 6.07) is 1.55. The normalized spacial score (nSPS) is 25.7. The largest absolute Gasteiger partial charge is 0.394 e. The van der Waals surface area contributed by atoms with Crippen molar-refractivity contribution in [1.29, 1.82) is 0 Å². The van der Waals surface area contributed by atoms with E-state index < -0.39 is 5.69 Å². The van der Waals surface area contributed by atoms with Crippen LogP contribution < -0.4 is 11.4 Å². The van der Waals surface area contributed by atoms with E-state index in [0.717, 1.165) is 6.42 Å². The van der Waals surface area contributed by atoms with E-state index in [9.17, 15) is 4.79 Å². The summed E-state index contributed by atoms with van der Waals surface area (Å²) in [5.41, 5.74) is 4.96. The Kier molecular flexibility index (Phi) is 2.70. The van der Waals surface area contributed by atoms with Crippen LogP contribution in [0, 0.1) is 0 Å².